The quantitative estimate of drug-likeness (QED) is 0.144. The number of halogens is 2. The molecule has 2 aromatic rings. The van der Waals surface area contributed by atoms with Gasteiger partial charge in [0.05, 0.1) is 31.9 Å². The van der Waals surface area contributed by atoms with Gasteiger partial charge in [-0.1, -0.05) is 27.6 Å². The first-order valence-corrected chi connectivity index (χ1v) is 15.2. The minimum absolute atomic E-state index is 0.0410. The molecule has 0 spiro atoms. The Hall–Kier alpha value is -4.50. The molecule has 1 aliphatic heterocycles. The molecule has 0 aromatic heterocycles. The Morgan fingerprint density at radius 1 is 0.956 bits per heavy atom. The number of aromatic hydroxyl groups is 1. The first-order valence-electron chi connectivity index (χ1n) is 13.6. The Morgan fingerprint density at radius 3 is 2.20 bits per heavy atom. The molecular weight excluding hydrogens is 720 g/mol. The molecule has 230 valence electrons. The number of imide groups is 1. The van der Waals surface area contributed by atoms with Crippen LogP contribution in [0.4, 0.5) is 22.7 Å². The zero-order valence-electron chi connectivity index (χ0n) is 23.5. The van der Waals surface area contributed by atoms with E-state index in [0.29, 0.717) is 15.6 Å². The van der Waals surface area contributed by atoms with Gasteiger partial charge in [-0.3, -0.25) is 39.4 Å². The van der Waals surface area contributed by atoms with Crippen LogP contribution >= 0.6 is 31.9 Å². The number of phenolic OH excluding ortho intramolecular Hbond substituents is 1. The normalized spacial score (nSPS) is 24.1. The maximum Gasteiger partial charge on any atom is 0.301 e. The van der Waals surface area contributed by atoms with E-state index in [1.807, 2.05) is 0 Å². The summed E-state index contributed by atoms with van der Waals surface area (Å²) in [6.45, 7) is 0. The monoisotopic (exact) mass is 740 g/mol. The van der Waals surface area contributed by atoms with Gasteiger partial charge >= 0.3 is 11.4 Å². The fourth-order valence-corrected chi connectivity index (χ4v) is 7.85. The topological polar surface area (TPSA) is 181 Å². The number of nitrogens with zero attached hydrogens (tertiary/aromatic N) is 4. The highest BCUT2D eigenvalue weighted by Gasteiger charge is 2.57. The van der Waals surface area contributed by atoms with Gasteiger partial charge in [-0.2, -0.15) is 0 Å². The summed E-state index contributed by atoms with van der Waals surface area (Å²) in [5, 5.41) is 34.9. The molecule has 1 saturated heterocycles. The predicted octanol–water partition coefficient (Wildman–Crippen LogP) is 5.00. The second-order valence-electron chi connectivity index (χ2n) is 11.3. The van der Waals surface area contributed by atoms with Crippen molar-refractivity contribution in [3.8, 4) is 5.75 Å². The van der Waals surface area contributed by atoms with E-state index in [9.17, 15) is 44.5 Å². The van der Waals surface area contributed by atoms with Crippen LogP contribution in [0.2, 0.25) is 0 Å². The molecule has 1 heterocycles. The van der Waals surface area contributed by atoms with Gasteiger partial charge in [0.1, 0.15) is 5.75 Å². The lowest BCUT2D eigenvalue weighted by Crippen LogP contribution is -2.39. The molecule has 13 nitrogen and oxygen atoms in total. The summed E-state index contributed by atoms with van der Waals surface area (Å²) in [6, 6.07) is 6.63. The van der Waals surface area contributed by atoms with E-state index in [2.05, 4.69) is 31.9 Å². The molecule has 2 aromatic carbocycles. The van der Waals surface area contributed by atoms with Crippen molar-refractivity contribution in [2.75, 3.05) is 23.9 Å². The molecule has 2 amide bonds. The second-order valence-corrected chi connectivity index (χ2v) is 13.1. The number of phenols is 1. The molecule has 4 atom stereocenters. The Balaban J connectivity index is 1.50. The van der Waals surface area contributed by atoms with Crippen molar-refractivity contribution in [2.45, 2.75) is 18.8 Å². The van der Waals surface area contributed by atoms with Crippen molar-refractivity contribution in [3.05, 3.63) is 94.0 Å². The minimum Gasteiger partial charge on any atom is -0.508 e. The molecule has 3 aliphatic carbocycles. The number of fused-ring (bicyclic) bond motifs is 3. The summed E-state index contributed by atoms with van der Waals surface area (Å²) in [5.41, 5.74) is -0.665. The van der Waals surface area contributed by atoms with Gasteiger partial charge in [0.15, 0.2) is 17.3 Å². The van der Waals surface area contributed by atoms with Crippen LogP contribution in [0, 0.1) is 38.0 Å². The zero-order valence-corrected chi connectivity index (χ0v) is 26.7. The van der Waals surface area contributed by atoms with Crippen LogP contribution in [0.3, 0.4) is 0 Å². The average molecular weight is 742 g/mol. The fraction of sp³-hybridized carbons (Fsp3) is 0.267. The molecule has 0 bridgehead atoms. The number of anilines is 2. The number of amides is 2. The van der Waals surface area contributed by atoms with Crippen molar-refractivity contribution < 1.29 is 34.1 Å². The highest BCUT2D eigenvalue weighted by molar-refractivity contribution is 9.12. The summed E-state index contributed by atoms with van der Waals surface area (Å²) in [5.74, 6) is -6.06. The Kier molecular flexibility index (Phi) is 7.35. The number of benzene rings is 2. The van der Waals surface area contributed by atoms with Crippen molar-refractivity contribution >= 4 is 78.0 Å². The number of hydrogen-bond donors (Lipinski definition) is 1. The summed E-state index contributed by atoms with van der Waals surface area (Å²) in [7, 11) is 2.80. The highest BCUT2D eigenvalue weighted by atomic mass is 79.9. The lowest BCUT2D eigenvalue weighted by Gasteiger charge is -2.42. The van der Waals surface area contributed by atoms with E-state index in [-0.39, 0.29) is 45.6 Å². The van der Waals surface area contributed by atoms with Crippen LogP contribution in [0.5, 0.6) is 5.75 Å². The SMILES string of the molecule is CN(C)c1c([N+](=O)[O-])cc(N2C(=O)C3CC=C4C(c5cc(Br)ccc5O)C5=C(CC4C3C2=O)C(=O)C(Br)=CC5=O)cc1[N+](=O)[O-]. The van der Waals surface area contributed by atoms with Crippen molar-refractivity contribution in [1.29, 1.82) is 0 Å². The van der Waals surface area contributed by atoms with Gasteiger partial charge in [-0.15, -0.1) is 0 Å². The van der Waals surface area contributed by atoms with E-state index < -0.39 is 68.3 Å². The molecule has 1 fully saturated rings. The molecule has 1 N–H and O–H groups in total. The minimum atomic E-state index is -1.04. The number of ketones is 2. The largest absolute Gasteiger partial charge is 0.508 e. The van der Waals surface area contributed by atoms with Gasteiger partial charge in [0.25, 0.3) is 0 Å². The molecule has 4 unspecified atom stereocenters. The van der Waals surface area contributed by atoms with E-state index >= 15 is 0 Å². The van der Waals surface area contributed by atoms with E-state index in [1.54, 1.807) is 18.2 Å². The van der Waals surface area contributed by atoms with Crippen LogP contribution in [0.1, 0.15) is 24.3 Å². The van der Waals surface area contributed by atoms with Gasteiger partial charge in [0.2, 0.25) is 11.8 Å². The number of Topliss-reactive ketones (excluding diaryl/α,β-unsaturated/α-hetero) is 1. The van der Waals surface area contributed by atoms with Crippen LogP contribution in [-0.2, 0) is 19.2 Å². The second kappa shape index (κ2) is 10.8. The van der Waals surface area contributed by atoms with E-state index in [0.717, 1.165) is 17.0 Å². The summed E-state index contributed by atoms with van der Waals surface area (Å²) in [6.07, 6.45) is 2.94. The first-order chi connectivity index (χ1) is 21.2. The number of rotatable bonds is 5. The Bertz CT molecular complexity index is 1860. The van der Waals surface area contributed by atoms with Gasteiger partial charge in [-0.05, 0) is 52.9 Å². The summed E-state index contributed by atoms with van der Waals surface area (Å²) >= 11 is 6.55. The summed E-state index contributed by atoms with van der Waals surface area (Å²) < 4.78 is 0.641. The summed E-state index contributed by atoms with van der Waals surface area (Å²) in [4.78, 5) is 79.1. The predicted molar refractivity (Wildman–Crippen MR) is 167 cm³/mol. The molecule has 6 rings (SSSR count). The number of carbonyl (C=O) groups is 4. The average Bonchev–Trinajstić information content (AvgIpc) is 3.24. The van der Waals surface area contributed by atoms with Crippen LogP contribution in [-0.4, -0.2) is 52.4 Å². The number of allylic oxidation sites excluding steroid dienone is 6. The van der Waals surface area contributed by atoms with Crippen molar-refractivity contribution in [2.24, 2.45) is 17.8 Å². The maximum absolute atomic E-state index is 14.2. The highest BCUT2D eigenvalue weighted by Crippen LogP contribution is 2.57. The van der Waals surface area contributed by atoms with Gasteiger partial charge in [-0.25, -0.2) is 4.90 Å². The molecule has 15 heteroatoms. The third kappa shape index (κ3) is 4.63. The lowest BCUT2D eigenvalue weighted by molar-refractivity contribution is -0.392. The van der Waals surface area contributed by atoms with Crippen LogP contribution in [0.15, 0.2) is 68.2 Å². The Labute approximate surface area is 271 Å². The van der Waals surface area contributed by atoms with Crippen molar-refractivity contribution in [1.82, 2.24) is 0 Å². The van der Waals surface area contributed by atoms with Gasteiger partial charge < -0.3 is 10.0 Å². The molecular formula is C30H22Br2N4O9. The molecule has 0 saturated carbocycles. The molecule has 0 radical (unpaired) electrons. The number of nitro benzene ring substituents is 2. The van der Waals surface area contributed by atoms with Crippen LogP contribution < -0.4 is 9.80 Å². The zero-order chi connectivity index (χ0) is 32.6. The van der Waals surface area contributed by atoms with Crippen molar-refractivity contribution in [3.63, 3.8) is 0 Å². The fourth-order valence-electron chi connectivity index (χ4n) is 7.03. The third-order valence-electron chi connectivity index (χ3n) is 8.79. The lowest BCUT2D eigenvalue weighted by atomic mass is 9.59. The van der Waals surface area contributed by atoms with E-state index in [4.69, 9.17) is 0 Å². The number of carbonyl (C=O) groups excluding carboxylic acids is 4. The maximum atomic E-state index is 14.2. The smallest absolute Gasteiger partial charge is 0.301 e. The van der Waals surface area contributed by atoms with E-state index in [1.165, 1.54) is 31.1 Å². The van der Waals surface area contributed by atoms with Crippen LogP contribution in [0.25, 0.3) is 0 Å². The number of nitro groups is 2. The standard InChI is InChI=1S/C30H22Br2N4O9/c1-33(2)27-20(35(42)43)8-13(9-21(27)36(44)45)34-29(40)15-5-4-14-16(25(15)30(34)41)10-18-26(23(38)11-19(32)28(18)39)24(14)17-7-12(31)3-6-22(17)37/h3-4,6-9,11,15-16,24-25,37H,5,10H2,1-2H3. The Morgan fingerprint density at radius 2 is 1.60 bits per heavy atom. The van der Waals surface area contributed by atoms with Gasteiger partial charge in [0, 0.05) is 59.4 Å². The molecule has 45 heavy (non-hydrogen) atoms. The first kappa shape index (κ1) is 30.5. The number of hydrogen-bond acceptors (Lipinski definition) is 10. The third-order valence-corrected chi connectivity index (χ3v) is 9.87. The molecule has 4 aliphatic rings.